The Kier molecular flexibility index (Phi) is 7.32. The van der Waals surface area contributed by atoms with Crippen molar-refractivity contribution in [2.45, 2.75) is 52.6 Å². The summed E-state index contributed by atoms with van der Waals surface area (Å²) in [5, 5.41) is 4.25. The van der Waals surface area contributed by atoms with E-state index in [1.165, 1.54) is 6.42 Å². The second-order valence-electron chi connectivity index (χ2n) is 8.96. The van der Waals surface area contributed by atoms with Crippen LogP contribution in [0.15, 0.2) is 55.1 Å². The monoisotopic (exact) mass is 498 g/mol. The van der Waals surface area contributed by atoms with Crippen LogP contribution in [-0.2, 0) is 0 Å². The summed E-state index contributed by atoms with van der Waals surface area (Å²) in [6, 6.07) is 6.25. The molecule has 0 fully saturated rings. The molecular formula is C28H30N6OS. The highest BCUT2D eigenvalue weighted by atomic mass is 32.1. The van der Waals surface area contributed by atoms with E-state index < -0.39 is 0 Å². The Bertz CT molecular complexity index is 1340. The van der Waals surface area contributed by atoms with Gasteiger partial charge in [-0.3, -0.25) is 4.98 Å². The van der Waals surface area contributed by atoms with Gasteiger partial charge in [-0.2, -0.15) is 0 Å². The molecule has 7 nitrogen and oxygen atoms in total. The van der Waals surface area contributed by atoms with E-state index in [0.717, 1.165) is 69.6 Å². The maximum absolute atomic E-state index is 6.28. The third kappa shape index (κ3) is 5.44. The molecule has 0 bridgehead atoms. The lowest BCUT2D eigenvalue weighted by Gasteiger charge is -2.20. The summed E-state index contributed by atoms with van der Waals surface area (Å²) in [6.07, 6.45) is 15.8. The number of aryl methyl sites for hydroxylation is 2. The van der Waals surface area contributed by atoms with E-state index in [-0.39, 0.29) is 6.10 Å². The number of hydrogen-bond donors (Lipinski definition) is 1. The van der Waals surface area contributed by atoms with Gasteiger partial charge >= 0.3 is 0 Å². The second kappa shape index (κ2) is 11.0. The quantitative estimate of drug-likeness (QED) is 0.272. The van der Waals surface area contributed by atoms with Gasteiger partial charge in [0.05, 0.1) is 22.5 Å². The summed E-state index contributed by atoms with van der Waals surface area (Å²) in [7, 11) is 0. The fourth-order valence-electron chi connectivity index (χ4n) is 4.39. The number of ether oxygens (including phenoxy) is 1. The zero-order valence-electron chi connectivity index (χ0n) is 20.9. The second-order valence-corrected chi connectivity index (χ2v) is 9.99. The van der Waals surface area contributed by atoms with Gasteiger partial charge in [-0.25, -0.2) is 19.9 Å². The summed E-state index contributed by atoms with van der Waals surface area (Å²) < 4.78 is 6.28. The molecule has 0 radical (unpaired) electrons. The summed E-state index contributed by atoms with van der Waals surface area (Å²) in [6.45, 7) is 7.23. The molecule has 1 aliphatic carbocycles. The number of nitrogens with zero attached hydrogens (tertiary/aromatic N) is 5. The molecular weight excluding hydrogens is 468 g/mol. The molecule has 1 N–H and O–H groups in total. The summed E-state index contributed by atoms with van der Waals surface area (Å²) in [4.78, 5) is 23.9. The van der Waals surface area contributed by atoms with Crippen LogP contribution in [0.1, 0.15) is 43.7 Å². The molecule has 184 valence electrons. The van der Waals surface area contributed by atoms with Crippen LogP contribution in [0.5, 0.6) is 5.75 Å². The first-order valence-corrected chi connectivity index (χ1v) is 13.2. The van der Waals surface area contributed by atoms with Crippen LogP contribution < -0.4 is 10.1 Å². The molecule has 0 amide bonds. The molecule has 3 heterocycles. The first-order chi connectivity index (χ1) is 17.6. The third-order valence-electron chi connectivity index (χ3n) is 6.06. The van der Waals surface area contributed by atoms with E-state index in [4.69, 9.17) is 14.7 Å². The largest absolute Gasteiger partial charge is 0.486 e. The number of benzene rings is 1. The maximum Gasteiger partial charge on any atom is 0.183 e. The molecule has 5 rings (SSSR count). The highest BCUT2D eigenvalue weighted by Crippen LogP contribution is 2.35. The van der Waals surface area contributed by atoms with Crippen molar-refractivity contribution in [3.05, 3.63) is 66.3 Å². The highest BCUT2D eigenvalue weighted by molar-refractivity contribution is 7.18. The summed E-state index contributed by atoms with van der Waals surface area (Å²) >= 11 is 1.59. The van der Waals surface area contributed by atoms with Crippen LogP contribution in [0, 0.1) is 13.8 Å². The van der Waals surface area contributed by atoms with Crippen LogP contribution in [0.2, 0.25) is 0 Å². The lowest BCUT2D eigenvalue weighted by molar-refractivity contribution is 0.229. The molecule has 1 atom stereocenters. The van der Waals surface area contributed by atoms with Crippen molar-refractivity contribution in [3.63, 3.8) is 0 Å². The molecule has 1 unspecified atom stereocenters. The minimum absolute atomic E-state index is 0.138. The lowest BCUT2D eigenvalue weighted by atomic mass is 9.98. The van der Waals surface area contributed by atoms with Crippen molar-refractivity contribution in [2.75, 3.05) is 11.9 Å². The minimum atomic E-state index is 0.138. The molecule has 8 heteroatoms. The van der Waals surface area contributed by atoms with Crippen molar-refractivity contribution in [1.82, 2.24) is 24.9 Å². The first-order valence-electron chi connectivity index (χ1n) is 12.4. The Morgan fingerprint density at radius 3 is 2.56 bits per heavy atom. The van der Waals surface area contributed by atoms with Crippen LogP contribution in [-0.4, -0.2) is 37.6 Å². The number of rotatable bonds is 8. The van der Waals surface area contributed by atoms with Crippen molar-refractivity contribution in [1.29, 1.82) is 0 Å². The van der Waals surface area contributed by atoms with Gasteiger partial charge in [0.2, 0.25) is 0 Å². The Labute approximate surface area is 215 Å². The fourth-order valence-corrected chi connectivity index (χ4v) is 5.19. The number of thiazole rings is 1. The van der Waals surface area contributed by atoms with Gasteiger partial charge in [-0.15, -0.1) is 0 Å². The van der Waals surface area contributed by atoms with Crippen molar-refractivity contribution < 1.29 is 4.74 Å². The predicted octanol–water partition coefficient (Wildman–Crippen LogP) is 6.65. The summed E-state index contributed by atoms with van der Waals surface area (Å²) in [5.41, 5.74) is 5.58. The zero-order chi connectivity index (χ0) is 24.9. The van der Waals surface area contributed by atoms with E-state index in [2.05, 4.69) is 65.3 Å². The van der Waals surface area contributed by atoms with Crippen molar-refractivity contribution in [3.8, 4) is 39.1 Å². The fraction of sp³-hybridized carbons (Fsp3) is 0.321. The van der Waals surface area contributed by atoms with Crippen LogP contribution in [0.25, 0.3) is 33.3 Å². The van der Waals surface area contributed by atoms with Crippen LogP contribution in [0.3, 0.4) is 0 Å². The van der Waals surface area contributed by atoms with Gasteiger partial charge in [0.15, 0.2) is 11.0 Å². The van der Waals surface area contributed by atoms with E-state index in [1.54, 1.807) is 29.9 Å². The SMILES string of the molecule is CCCNc1ncc(-c2cc(-c3c(C)cc(OC4C=CCCC4)cc3C)nc(-c3cnccn3)n2)s1. The molecule has 0 spiro atoms. The Balaban J connectivity index is 1.55. The number of allylic oxidation sites excluding steroid dienone is 1. The topological polar surface area (TPSA) is 85.7 Å². The van der Waals surface area contributed by atoms with Crippen LogP contribution >= 0.6 is 11.3 Å². The van der Waals surface area contributed by atoms with Gasteiger partial charge in [-0.1, -0.05) is 24.3 Å². The average molecular weight is 499 g/mol. The molecule has 0 aliphatic heterocycles. The number of anilines is 1. The van der Waals surface area contributed by atoms with Gasteiger partial charge in [0.1, 0.15) is 17.5 Å². The van der Waals surface area contributed by atoms with E-state index >= 15 is 0 Å². The minimum Gasteiger partial charge on any atom is -0.486 e. The molecule has 1 aliphatic rings. The van der Waals surface area contributed by atoms with Gasteiger partial charge in [0.25, 0.3) is 0 Å². The molecule has 36 heavy (non-hydrogen) atoms. The molecule has 0 saturated carbocycles. The standard InChI is InChI=1S/C28H30N6OS/c1-4-10-31-28-32-17-25(36-28)22-15-23(34-27(33-22)24-16-29-11-12-30-24)26-18(2)13-21(14-19(26)3)35-20-8-6-5-7-9-20/h6,8,11-17,20H,4-5,7,9-10H2,1-3H3,(H,31,32). The van der Waals surface area contributed by atoms with Crippen molar-refractivity contribution >= 4 is 16.5 Å². The first kappa shape index (κ1) is 24.1. The van der Waals surface area contributed by atoms with E-state index in [0.29, 0.717) is 11.5 Å². The molecule has 1 aromatic carbocycles. The smallest absolute Gasteiger partial charge is 0.183 e. The molecule has 3 aromatic heterocycles. The number of hydrogen-bond acceptors (Lipinski definition) is 8. The Morgan fingerprint density at radius 1 is 1.00 bits per heavy atom. The average Bonchev–Trinajstić information content (AvgIpc) is 3.37. The van der Waals surface area contributed by atoms with Crippen LogP contribution in [0.4, 0.5) is 5.13 Å². The highest BCUT2D eigenvalue weighted by Gasteiger charge is 2.18. The maximum atomic E-state index is 6.28. The van der Waals surface area contributed by atoms with Crippen molar-refractivity contribution in [2.24, 2.45) is 0 Å². The third-order valence-corrected chi connectivity index (χ3v) is 7.04. The van der Waals surface area contributed by atoms with Gasteiger partial charge in [0, 0.05) is 30.7 Å². The normalized spacial score (nSPS) is 15.1. The van der Waals surface area contributed by atoms with E-state index in [1.807, 2.05) is 12.3 Å². The lowest BCUT2D eigenvalue weighted by Crippen LogP contribution is -2.15. The predicted molar refractivity (Wildman–Crippen MR) is 145 cm³/mol. The number of nitrogens with one attached hydrogen (secondary N) is 1. The zero-order valence-corrected chi connectivity index (χ0v) is 21.7. The Morgan fingerprint density at radius 2 is 1.83 bits per heavy atom. The Hall–Kier alpha value is -3.65. The molecule has 0 saturated heterocycles. The summed E-state index contributed by atoms with van der Waals surface area (Å²) in [5.74, 6) is 1.43. The van der Waals surface area contributed by atoms with Gasteiger partial charge in [-0.05, 0) is 74.9 Å². The number of aromatic nitrogens is 5. The molecule has 4 aromatic rings. The van der Waals surface area contributed by atoms with E-state index in [9.17, 15) is 0 Å². The van der Waals surface area contributed by atoms with Gasteiger partial charge < -0.3 is 10.1 Å².